The summed E-state index contributed by atoms with van der Waals surface area (Å²) in [4.78, 5) is 22.5. The predicted octanol–water partition coefficient (Wildman–Crippen LogP) is 0.815. The number of amides is 1. The van der Waals surface area contributed by atoms with Gasteiger partial charge in [-0.3, -0.25) is 9.59 Å². The Morgan fingerprint density at radius 2 is 1.63 bits per heavy atom. The standard InChI is InChI=1S/C12H23NO5S/c1-5-10(6-2)13-11(14)9(4)19(17,18)7-8(3)12(15)16/h8-10H,5-7H2,1-4H3,(H,13,14)(H,15,16). The van der Waals surface area contributed by atoms with Crippen molar-refractivity contribution in [1.29, 1.82) is 0 Å². The Morgan fingerprint density at radius 3 is 2.00 bits per heavy atom. The SMILES string of the molecule is CCC(CC)NC(=O)C(C)S(=O)(=O)CC(C)C(=O)O. The van der Waals surface area contributed by atoms with Crippen LogP contribution in [-0.2, 0) is 19.4 Å². The van der Waals surface area contributed by atoms with E-state index >= 15 is 0 Å². The molecule has 7 heteroatoms. The third-order valence-electron chi connectivity index (χ3n) is 3.14. The zero-order chi connectivity index (χ0) is 15.2. The lowest BCUT2D eigenvalue weighted by Crippen LogP contribution is -2.44. The molecule has 2 N–H and O–H groups in total. The maximum absolute atomic E-state index is 11.9. The van der Waals surface area contributed by atoms with E-state index in [0.717, 1.165) is 12.8 Å². The highest BCUT2D eigenvalue weighted by Gasteiger charge is 2.31. The molecule has 0 heterocycles. The van der Waals surface area contributed by atoms with Crippen molar-refractivity contribution < 1.29 is 23.1 Å². The van der Waals surface area contributed by atoms with Crippen LogP contribution in [-0.4, -0.2) is 42.4 Å². The van der Waals surface area contributed by atoms with Crippen LogP contribution >= 0.6 is 0 Å². The van der Waals surface area contributed by atoms with E-state index in [9.17, 15) is 18.0 Å². The monoisotopic (exact) mass is 293 g/mol. The van der Waals surface area contributed by atoms with E-state index in [4.69, 9.17) is 5.11 Å². The second kappa shape index (κ2) is 7.47. The molecule has 0 fully saturated rings. The summed E-state index contributed by atoms with van der Waals surface area (Å²) in [6.45, 7) is 6.41. The molecule has 0 aliphatic rings. The van der Waals surface area contributed by atoms with Crippen molar-refractivity contribution in [3.05, 3.63) is 0 Å². The molecule has 0 aliphatic carbocycles. The molecule has 0 saturated heterocycles. The van der Waals surface area contributed by atoms with Gasteiger partial charge in [-0.05, 0) is 19.8 Å². The first-order valence-corrected chi connectivity index (χ1v) is 8.11. The molecule has 0 radical (unpaired) electrons. The first-order valence-electron chi connectivity index (χ1n) is 6.40. The minimum atomic E-state index is -3.76. The molecule has 0 aliphatic heterocycles. The largest absolute Gasteiger partial charge is 0.481 e. The van der Waals surface area contributed by atoms with E-state index in [1.54, 1.807) is 0 Å². The number of nitrogens with one attached hydrogen (secondary N) is 1. The molecule has 0 aromatic carbocycles. The fourth-order valence-electron chi connectivity index (χ4n) is 1.54. The fourth-order valence-corrected chi connectivity index (χ4v) is 3.06. The fraction of sp³-hybridized carbons (Fsp3) is 0.833. The van der Waals surface area contributed by atoms with Gasteiger partial charge in [0.2, 0.25) is 5.91 Å². The quantitative estimate of drug-likeness (QED) is 0.690. The van der Waals surface area contributed by atoms with Gasteiger partial charge < -0.3 is 10.4 Å². The number of rotatable bonds is 8. The molecule has 6 nitrogen and oxygen atoms in total. The molecule has 0 aromatic heterocycles. The molecule has 2 unspecified atom stereocenters. The summed E-state index contributed by atoms with van der Waals surface area (Å²) >= 11 is 0. The topological polar surface area (TPSA) is 101 Å². The maximum Gasteiger partial charge on any atom is 0.307 e. The summed E-state index contributed by atoms with van der Waals surface area (Å²) < 4.78 is 23.8. The molecule has 1 amide bonds. The zero-order valence-corrected chi connectivity index (χ0v) is 12.7. The Labute approximate surface area is 114 Å². The van der Waals surface area contributed by atoms with Crippen LogP contribution < -0.4 is 5.32 Å². The second-order valence-electron chi connectivity index (χ2n) is 4.73. The minimum absolute atomic E-state index is 0.0537. The molecule has 0 spiro atoms. The van der Waals surface area contributed by atoms with Crippen LogP contribution in [0.1, 0.15) is 40.5 Å². The number of aliphatic carboxylic acids is 1. The summed E-state index contributed by atoms with van der Waals surface area (Å²) in [5, 5.41) is 10.2. The zero-order valence-electron chi connectivity index (χ0n) is 11.8. The lowest BCUT2D eigenvalue weighted by molar-refractivity contribution is -0.140. The number of carbonyl (C=O) groups is 2. The third kappa shape index (κ3) is 5.59. The first kappa shape index (κ1) is 17.9. The van der Waals surface area contributed by atoms with E-state index < -0.39 is 38.6 Å². The highest BCUT2D eigenvalue weighted by molar-refractivity contribution is 7.92. The maximum atomic E-state index is 11.9. The predicted molar refractivity (Wildman–Crippen MR) is 72.6 cm³/mol. The Kier molecular flexibility index (Phi) is 7.04. The van der Waals surface area contributed by atoms with Gasteiger partial charge in [0.05, 0.1) is 11.7 Å². The van der Waals surface area contributed by atoms with Gasteiger partial charge in [-0.25, -0.2) is 8.42 Å². The highest BCUT2D eigenvalue weighted by atomic mass is 32.2. The van der Waals surface area contributed by atoms with E-state index in [1.807, 2.05) is 13.8 Å². The molecule has 0 rings (SSSR count). The Bertz CT molecular complexity index is 414. The molecule has 0 bridgehead atoms. The summed E-state index contributed by atoms with van der Waals surface area (Å²) in [7, 11) is -3.76. The Hall–Kier alpha value is -1.11. The molecule has 0 aromatic rings. The van der Waals surface area contributed by atoms with Gasteiger partial charge in [-0.1, -0.05) is 20.8 Å². The number of carbonyl (C=O) groups excluding carboxylic acids is 1. The second-order valence-corrected chi connectivity index (χ2v) is 7.10. The van der Waals surface area contributed by atoms with Gasteiger partial charge in [0, 0.05) is 6.04 Å². The van der Waals surface area contributed by atoms with Crippen molar-refractivity contribution in [1.82, 2.24) is 5.32 Å². The molecule has 112 valence electrons. The average Bonchev–Trinajstić information content (AvgIpc) is 2.33. The third-order valence-corrected chi connectivity index (χ3v) is 5.40. The van der Waals surface area contributed by atoms with Crippen molar-refractivity contribution >= 4 is 21.7 Å². The van der Waals surface area contributed by atoms with Gasteiger partial charge in [-0.15, -0.1) is 0 Å². The molecular weight excluding hydrogens is 270 g/mol. The molecule has 19 heavy (non-hydrogen) atoms. The van der Waals surface area contributed by atoms with Crippen LogP contribution in [0.2, 0.25) is 0 Å². The van der Waals surface area contributed by atoms with E-state index in [1.165, 1.54) is 13.8 Å². The number of carboxylic acid groups (broad SMARTS) is 1. The van der Waals surface area contributed by atoms with Crippen LogP contribution in [0.3, 0.4) is 0 Å². The summed E-state index contributed by atoms with van der Waals surface area (Å²) in [6, 6.07) is -0.0537. The van der Waals surface area contributed by atoms with E-state index in [2.05, 4.69) is 5.32 Å². The number of sulfone groups is 1. The van der Waals surface area contributed by atoms with Crippen molar-refractivity contribution in [2.75, 3.05) is 5.75 Å². The number of hydrogen-bond acceptors (Lipinski definition) is 4. The molecular formula is C12H23NO5S. The Balaban J connectivity index is 4.75. The van der Waals surface area contributed by atoms with Crippen molar-refractivity contribution in [2.24, 2.45) is 5.92 Å². The van der Waals surface area contributed by atoms with Gasteiger partial charge in [-0.2, -0.15) is 0 Å². The minimum Gasteiger partial charge on any atom is -0.481 e. The summed E-state index contributed by atoms with van der Waals surface area (Å²) in [6.07, 6.45) is 1.45. The molecule has 0 saturated carbocycles. The van der Waals surface area contributed by atoms with Crippen LogP contribution in [0.5, 0.6) is 0 Å². The van der Waals surface area contributed by atoms with E-state index in [-0.39, 0.29) is 6.04 Å². The van der Waals surface area contributed by atoms with Crippen LogP contribution in [0.25, 0.3) is 0 Å². The van der Waals surface area contributed by atoms with Gasteiger partial charge in [0.15, 0.2) is 9.84 Å². The lowest BCUT2D eigenvalue weighted by atomic mass is 10.2. The van der Waals surface area contributed by atoms with Crippen LogP contribution in [0.15, 0.2) is 0 Å². The summed E-state index contributed by atoms with van der Waals surface area (Å²) in [5.41, 5.74) is 0. The van der Waals surface area contributed by atoms with Gasteiger partial charge in [0.1, 0.15) is 5.25 Å². The van der Waals surface area contributed by atoms with E-state index in [0.29, 0.717) is 0 Å². The van der Waals surface area contributed by atoms with Crippen molar-refractivity contribution in [3.63, 3.8) is 0 Å². The van der Waals surface area contributed by atoms with Crippen molar-refractivity contribution in [3.8, 4) is 0 Å². The first-order chi connectivity index (χ1) is 8.65. The number of hydrogen-bond donors (Lipinski definition) is 2. The van der Waals surface area contributed by atoms with Crippen molar-refractivity contribution in [2.45, 2.75) is 51.8 Å². The summed E-state index contributed by atoms with van der Waals surface area (Å²) in [5.74, 6) is -3.30. The smallest absolute Gasteiger partial charge is 0.307 e. The lowest BCUT2D eigenvalue weighted by Gasteiger charge is -2.19. The Morgan fingerprint density at radius 1 is 1.16 bits per heavy atom. The average molecular weight is 293 g/mol. The van der Waals surface area contributed by atoms with Crippen LogP contribution in [0.4, 0.5) is 0 Å². The number of carboxylic acids is 1. The molecule has 2 atom stereocenters. The highest BCUT2D eigenvalue weighted by Crippen LogP contribution is 2.10. The van der Waals surface area contributed by atoms with Gasteiger partial charge in [0.25, 0.3) is 0 Å². The normalized spacial score (nSPS) is 15.0. The van der Waals surface area contributed by atoms with Gasteiger partial charge >= 0.3 is 5.97 Å². The van der Waals surface area contributed by atoms with Crippen LogP contribution in [0, 0.1) is 5.92 Å².